The van der Waals surface area contributed by atoms with Gasteiger partial charge in [0.15, 0.2) is 0 Å². The number of hydrogen-bond donors (Lipinski definition) is 2. The normalized spacial score (nSPS) is 10.4. The van der Waals surface area contributed by atoms with Crippen molar-refractivity contribution in [2.45, 2.75) is 9.92 Å². The molecule has 0 aliphatic heterocycles. The highest BCUT2D eigenvalue weighted by molar-refractivity contribution is 7.99. The van der Waals surface area contributed by atoms with Crippen molar-refractivity contribution in [1.82, 2.24) is 9.97 Å². The molecule has 0 fully saturated rings. The molecular formula is C11H10Cl2N4S. The smallest absolute Gasteiger partial charge is 0.223 e. The number of anilines is 2. The molecule has 0 saturated heterocycles. The average Bonchev–Trinajstić information content (AvgIpc) is 2.33. The summed E-state index contributed by atoms with van der Waals surface area (Å²) in [4.78, 5) is 8.98. The maximum absolute atomic E-state index is 6.09. The minimum Gasteiger partial charge on any atom is -0.373 e. The number of aromatic nitrogens is 2. The maximum Gasteiger partial charge on any atom is 0.223 e. The van der Waals surface area contributed by atoms with Crippen LogP contribution in [-0.2, 0) is 0 Å². The monoisotopic (exact) mass is 300 g/mol. The van der Waals surface area contributed by atoms with E-state index in [1.54, 1.807) is 31.3 Å². The van der Waals surface area contributed by atoms with Crippen molar-refractivity contribution < 1.29 is 0 Å². The van der Waals surface area contributed by atoms with Crippen molar-refractivity contribution >= 4 is 46.7 Å². The predicted octanol–water partition coefficient (Wildman–Crippen LogP) is 3.56. The second kappa shape index (κ2) is 5.65. The van der Waals surface area contributed by atoms with Crippen LogP contribution in [0.15, 0.2) is 34.2 Å². The van der Waals surface area contributed by atoms with Crippen LogP contribution >= 0.6 is 35.0 Å². The summed E-state index contributed by atoms with van der Waals surface area (Å²) in [6.45, 7) is 0. The lowest BCUT2D eigenvalue weighted by Crippen LogP contribution is -2.00. The Kier molecular flexibility index (Phi) is 4.16. The molecule has 0 spiro atoms. The van der Waals surface area contributed by atoms with Gasteiger partial charge < -0.3 is 11.1 Å². The molecule has 7 heteroatoms. The van der Waals surface area contributed by atoms with E-state index < -0.39 is 0 Å². The van der Waals surface area contributed by atoms with Gasteiger partial charge in [0, 0.05) is 23.0 Å². The summed E-state index contributed by atoms with van der Waals surface area (Å²) in [5.41, 5.74) is 5.62. The molecule has 0 atom stereocenters. The number of hydrogen-bond acceptors (Lipinski definition) is 5. The van der Waals surface area contributed by atoms with Gasteiger partial charge >= 0.3 is 0 Å². The van der Waals surface area contributed by atoms with Crippen LogP contribution in [-0.4, -0.2) is 17.0 Å². The molecule has 1 aromatic heterocycles. The molecule has 0 aliphatic rings. The molecule has 94 valence electrons. The Balaban J connectivity index is 2.33. The molecule has 1 aromatic carbocycles. The number of nitrogens with zero attached hydrogens (tertiary/aromatic N) is 2. The summed E-state index contributed by atoms with van der Waals surface area (Å²) in [5.74, 6) is 0.866. The van der Waals surface area contributed by atoms with Crippen molar-refractivity contribution in [3.63, 3.8) is 0 Å². The summed E-state index contributed by atoms with van der Waals surface area (Å²) in [6, 6.07) is 7.06. The molecule has 0 unspecified atom stereocenters. The van der Waals surface area contributed by atoms with Crippen LogP contribution in [0.2, 0.25) is 10.0 Å². The Morgan fingerprint density at radius 2 is 2.00 bits per heavy atom. The Morgan fingerprint density at radius 1 is 1.22 bits per heavy atom. The third-order valence-corrected chi connectivity index (χ3v) is 3.74. The summed E-state index contributed by atoms with van der Waals surface area (Å²) in [5, 5.41) is 4.86. The van der Waals surface area contributed by atoms with Gasteiger partial charge in [-0.2, -0.15) is 4.98 Å². The molecule has 0 bridgehead atoms. The van der Waals surface area contributed by atoms with Crippen LogP contribution < -0.4 is 11.1 Å². The molecule has 0 saturated carbocycles. The zero-order chi connectivity index (χ0) is 13.1. The van der Waals surface area contributed by atoms with Crippen molar-refractivity contribution in [2.75, 3.05) is 18.1 Å². The fraction of sp³-hybridized carbons (Fsp3) is 0.0909. The Morgan fingerprint density at radius 3 is 2.72 bits per heavy atom. The second-order valence-corrected chi connectivity index (χ2v) is 5.28. The predicted molar refractivity (Wildman–Crippen MR) is 76.6 cm³/mol. The molecule has 0 aliphatic carbocycles. The van der Waals surface area contributed by atoms with Gasteiger partial charge in [-0.05, 0) is 18.2 Å². The quantitative estimate of drug-likeness (QED) is 0.849. The Labute approximate surface area is 119 Å². The van der Waals surface area contributed by atoms with Gasteiger partial charge in [0.1, 0.15) is 10.8 Å². The van der Waals surface area contributed by atoms with E-state index >= 15 is 0 Å². The van der Waals surface area contributed by atoms with Gasteiger partial charge in [0.25, 0.3) is 0 Å². The van der Waals surface area contributed by atoms with E-state index in [4.69, 9.17) is 28.9 Å². The van der Waals surface area contributed by atoms with E-state index in [9.17, 15) is 0 Å². The molecule has 0 radical (unpaired) electrons. The third-order valence-electron chi connectivity index (χ3n) is 2.08. The minimum absolute atomic E-state index is 0.211. The number of nitrogens with two attached hydrogens (primary N) is 1. The van der Waals surface area contributed by atoms with Crippen LogP contribution in [0.5, 0.6) is 0 Å². The number of rotatable bonds is 3. The highest BCUT2D eigenvalue weighted by atomic mass is 35.5. The zero-order valence-corrected chi connectivity index (χ0v) is 11.8. The molecule has 2 rings (SSSR count). The first-order chi connectivity index (χ1) is 8.58. The standard InChI is InChI=1S/C11H10Cl2N4S/c1-15-9-5-10(17-11(14)16-9)18-8-4-6(12)2-3-7(8)13/h2-5H,1H3,(H3,14,15,16,17). The fourth-order valence-electron chi connectivity index (χ4n) is 1.29. The molecule has 18 heavy (non-hydrogen) atoms. The van der Waals surface area contributed by atoms with Crippen molar-refractivity contribution in [3.8, 4) is 0 Å². The molecular weight excluding hydrogens is 291 g/mol. The lowest BCUT2D eigenvalue weighted by molar-refractivity contribution is 1.06. The molecule has 3 N–H and O–H groups in total. The minimum atomic E-state index is 0.211. The number of halogens is 2. The van der Waals surface area contributed by atoms with Gasteiger partial charge in [-0.3, -0.25) is 0 Å². The maximum atomic E-state index is 6.09. The Hall–Kier alpha value is -1.17. The van der Waals surface area contributed by atoms with E-state index in [-0.39, 0.29) is 5.95 Å². The highest BCUT2D eigenvalue weighted by Gasteiger charge is 2.07. The van der Waals surface area contributed by atoms with E-state index in [0.29, 0.717) is 20.9 Å². The van der Waals surface area contributed by atoms with Gasteiger partial charge in [-0.25, -0.2) is 4.98 Å². The van der Waals surface area contributed by atoms with Crippen LogP contribution in [0.25, 0.3) is 0 Å². The van der Waals surface area contributed by atoms with Crippen LogP contribution in [0.3, 0.4) is 0 Å². The van der Waals surface area contributed by atoms with Crippen molar-refractivity contribution in [3.05, 3.63) is 34.3 Å². The largest absolute Gasteiger partial charge is 0.373 e. The fourth-order valence-corrected chi connectivity index (χ4v) is 2.65. The van der Waals surface area contributed by atoms with E-state index in [2.05, 4.69) is 15.3 Å². The first-order valence-corrected chi connectivity index (χ1v) is 6.61. The molecule has 0 amide bonds. The van der Waals surface area contributed by atoms with Gasteiger partial charge in [0.2, 0.25) is 5.95 Å². The lowest BCUT2D eigenvalue weighted by Gasteiger charge is -2.06. The summed E-state index contributed by atoms with van der Waals surface area (Å²) >= 11 is 13.4. The lowest BCUT2D eigenvalue weighted by atomic mass is 10.4. The third kappa shape index (κ3) is 3.19. The van der Waals surface area contributed by atoms with Gasteiger partial charge in [0.05, 0.1) is 5.02 Å². The summed E-state index contributed by atoms with van der Waals surface area (Å²) in [6.07, 6.45) is 0. The van der Waals surface area contributed by atoms with Crippen LogP contribution in [0, 0.1) is 0 Å². The van der Waals surface area contributed by atoms with E-state index in [1.807, 2.05) is 0 Å². The highest BCUT2D eigenvalue weighted by Crippen LogP contribution is 2.34. The summed E-state index contributed by atoms with van der Waals surface area (Å²) < 4.78 is 0. The van der Waals surface area contributed by atoms with Crippen LogP contribution in [0.4, 0.5) is 11.8 Å². The van der Waals surface area contributed by atoms with Crippen molar-refractivity contribution in [1.29, 1.82) is 0 Å². The first-order valence-electron chi connectivity index (χ1n) is 5.03. The topological polar surface area (TPSA) is 63.8 Å². The Bertz CT molecular complexity index is 577. The van der Waals surface area contributed by atoms with Crippen molar-refractivity contribution in [2.24, 2.45) is 0 Å². The van der Waals surface area contributed by atoms with E-state index in [1.165, 1.54) is 11.8 Å². The van der Waals surface area contributed by atoms with E-state index in [0.717, 1.165) is 4.90 Å². The number of benzene rings is 1. The zero-order valence-electron chi connectivity index (χ0n) is 9.45. The molecule has 2 aromatic rings. The second-order valence-electron chi connectivity index (χ2n) is 3.38. The SMILES string of the molecule is CNc1cc(Sc2cc(Cl)ccc2Cl)nc(N)n1. The number of nitrogen functional groups attached to an aromatic ring is 1. The first kappa shape index (κ1) is 13.3. The molecule has 1 heterocycles. The summed E-state index contributed by atoms with van der Waals surface area (Å²) in [7, 11) is 1.77. The average molecular weight is 301 g/mol. The molecule has 4 nitrogen and oxygen atoms in total. The number of nitrogens with one attached hydrogen (secondary N) is 1. The van der Waals surface area contributed by atoms with Gasteiger partial charge in [-0.15, -0.1) is 0 Å². The van der Waals surface area contributed by atoms with Gasteiger partial charge in [-0.1, -0.05) is 35.0 Å². The van der Waals surface area contributed by atoms with Crippen LogP contribution in [0.1, 0.15) is 0 Å².